The Bertz CT molecular complexity index is 230. The summed E-state index contributed by atoms with van der Waals surface area (Å²) in [6, 6.07) is 0. The highest BCUT2D eigenvalue weighted by Gasteiger charge is 2.37. The fraction of sp³-hybridized carbons (Fsp3) is 0.933. The highest BCUT2D eigenvalue weighted by molar-refractivity contribution is 5.86. The van der Waals surface area contributed by atoms with Gasteiger partial charge in [-0.3, -0.25) is 4.79 Å². The molecule has 2 saturated carbocycles. The van der Waals surface area contributed by atoms with E-state index >= 15 is 0 Å². The van der Waals surface area contributed by atoms with Gasteiger partial charge in [-0.2, -0.15) is 0 Å². The molecule has 0 aromatic heterocycles. The maximum Gasteiger partial charge on any atom is 0.141 e. The highest BCUT2D eigenvalue weighted by atomic mass is 16.1. The van der Waals surface area contributed by atoms with Crippen molar-refractivity contribution >= 4 is 5.78 Å². The molecule has 0 bridgehead atoms. The third kappa shape index (κ3) is 2.67. The molecule has 1 heteroatoms. The second-order valence-corrected chi connectivity index (χ2v) is 6.17. The summed E-state index contributed by atoms with van der Waals surface area (Å²) in [5.41, 5.74) is 0.0402. The highest BCUT2D eigenvalue weighted by Crippen LogP contribution is 2.40. The minimum atomic E-state index is 0.0402. The van der Waals surface area contributed by atoms with E-state index in [2.05, 4.69) is 6.92 Å². The molecule has 2 rings (SSSR count). The fourth-order valence-corrected chi connectivity index (χ4v) is 3.61. The lowest BCUT2D eigenvalue weighted by Crippen LogP contribution is -2.34. The number of carbonyl (C=O) groups excluding carboxylic acids is 1. The largest absolute Gasteiger partial charge is 0.299 e. The molecule has 2 fully saturated rings. The van der Waals surface area contributed by atoms with Gasteiger partial charge in [-0.25, -0.2) is 0 Å². The maximum absolute atomic E-state index is 12.6. The number of hydrogen-bond donors (Lipinski definition) is 0. The van der Waals surface area contributed by atoms with Crippen molar-refractivity contribution < 1.29 is 4.79 Å². The monoisotopic (exact) mass is 222 g/mol. The molecule has 92 valence electrons. The van der Waals surface area contributed by atoms with E-state index in [0.717, 1.165) is 12.8 Å². The summed E-state index contributed by atoms with van der Waals surface area (Å²) in [7, 11) is 0. The number of Topliss-reactive ketones (excluding diaryl/α,β-unsaturated/α-hetero) is 1. The van der Waals surface area contributed by atoms with E-state index in [-0.39, 0.29) is 5.41 Å². The van der Waals surface area contributed by atoms with Crippen LogP contribution in [0, 0.1) is 11.3 Å². The quantitative estimate of drug-likeness (QED) is 0.629. The number of ketones is 1. The van der Waals surface area contributed by atoms with Crippen molar-refractivity contribution in [3.8, 4) is 0 Å². The standard InChI is InChI=1S/C15H26O/c1-15(11-7-2-3-8-12-15)14(16)13-9-5-4-6-10-13/h13H,2-12H2,1H3. The lowest BCUT2D eigenvalue weighted by molar-refractivity contribution is -0.133. The Balaban J connectivity index is 1.99. The molecule has 0 aliphatic heterocycles. The molecule has 0 N–H and O–H groups in total. The molecule has 0 amide bonds. The van der Waals surface area contributed by atoms with Crippen LogP contribution in [0.25, 0.3) is 0 Å². The van der Waals surface area contributed by atoms with Crippen LogP contribution in [0.2, 0.25) is 0 Å². The summed E-state index contributed by atoms with van der Waals surface area (Å²) in [5.74, 6) is 1.03. The summed E-state index contributed by atoms with van der Waals surface area (Å²) in [5, 5.41) is 0. The normalized spacial score (nSPS) is 27.3. The Morgan fingerprint density at radius 2 is 1.38 bits per heavy atom. The molecular formula is C15H26O. The summed E-state index contributed by atoms with van der Waals surface area (Å²) < 4.78 is 0. The number of hydrogen-bond acceptors (Lipinski definition) is 1. The molecule has 0 radical (unpaired) electrons. The average molecular weight is 222 g/mol. The second kappa shape index (κ2) is 5.33. The van der Waals surface area contributed by atoms with Gasteiger partial charge >= 0.3 is 0 Å². The fourth-order valence-electron chi connectivity index (χ4n) is 3.61. The smallest absolute Gasteiger partial charge is 0.141 e. The molecule has 0 atom stereocenters. The van der Waals surface area contributed by atoms with Gasteiger partial charge in [0.2, 0.25) is 0 Å². The number of rotatable bonds is 2. The third-order valence-corrected chi connectivity index (χ3v) is 4.78. The van der Waals surface area contributed by atoms with Crippen LogP contribution in [0.4, 0.5) is 0 Å². The van der Waals surface area contributed by atoms with Crippen LogP contribution < -0.4 is 0 Å². The minimum absolute atomic E-state index is 0.0402. The van der Waals surface area contributed by atoms with Crippen molar-refractivity contribution in [2.75, 3.05) is 0 Å². The molecule has 0 aromatic rings. The van der Waals surface area contributed by atoms with Crippen LogP contribution in [-0.4, -0.2) is 5.78 Å². The molecule has 2 aliphatic carbocycles. The topological polar surface area (TPSA) is 17.1 Å². The van der Waals surface area contributed by atoms with Gasteiger partial charge in [0.1, 0.15) is 5.78 Å². The zero-order valence-electron chi connectivity index (χ0n) is 10.8. The summed E-state index contributed by atoms with van der Waals surface area (Å²) in [4.78, 5) is 12.6. The Morgan fingerprint density at radius 3 is 1.94 bits per heavy atom. The van der Waals surface area contributed by atoms with E-state index in [9.17, 15) is 4.79 Å². The van der Waals surface area contributed by atoms with Gasteiger partial charge in [0.05, 0.1) is 0 Å². The van der Waals surface area contributed by atoms with Crippen molar-refractivity contribution in [3.05, 3.63) is 0 Å². The van der Waals surface area contributed by atoms with Crippen molar-refractivity contribution in [1.82, 2.24) is 0 Å². The van der Waals surface area contributed by atoms with Crippen LogP contribution in [0.3, 0.4) is 0 Å². The summed E-state index contributed by atoms with van der Waals surface area (Å²) in [6.07, 6.45) is 13.8. The Morgan fingerprint density at radius 1 is 0.875 bits per heavy atom. The van der Waals surface area contributed by atoms with Crippen molar-refractivity contribution in [2.24, 2.45) is 11.3 Å². The first-order chi connectivity index (χ1) is 7.72. The Hall–Kier alpha value is -0.330. The zero-order chi connectivity index (χ0) is 11.4. The van der Waals surface area contributed by atoms with Gasteiger partial charge in [0.25, 0.3) is 0 Å². The molecular weight excluding hydrogens is 196 g/mol. The van der Waals surface area contributed by atoms with Gasteiger partial charge in [-0.15, -0.1) is 0 Å². The molecule has 2 aliphatic rings. The third-order valence-electron chi connectivity index (χ3n) is 4.78. The molecule has 0 spiro atoms. The van der Waals surface area contributed by atoms with Gasteiger partial charge in [-0.1, -0.05) is 51.9 Å². The Kier molecular flexibility index (Phi) is 4.05. The molecule has 0 heterocycles. The maximum atomic E-state index is 12.6. The van der Waals surface area contributed by atoms with E-state index in [1.807, 2.05) is 0 Å². The molecule has 1 nitrogen and oxygen atoms in total. The molecule has 0 unspecified atom stereocenters. The summed E-state index contributed by atoms with van der Waals surface area (Å²) in [6.45, 7) is 2.25. The second-order valence-electron chi connectivity index (χ2n) is 6.17. The Labute approximate surface area is 100.0 Å². The van der Waals surface area contributed by atoms with Gasteiger partial charge in [0.15, 0.2) is 0 Å². The molecule has 16 heavy (non-hydrogen) atoms. The van der Waals surface area contributed by atoms with Crippen LogP contribution in [0.5, 0.6) is 0 Å². The summed E-state index contributed by atoms with van der Waals surface area (Å²) >= 11 is 0. The SMILES string of the molecule is CC1(C(=O)C2CCCCC2)CCCCCC1. The first-order valence-corrected chi connectivity index (χ1v) is 7.27. The van der Waals surface area contributed by atoms with Crippen LogP contribution in [0.1, 0.15) is 77.6 Å². The average Bonchev–Trinajstić information content (AvgIpc) is 2.55. The lowest BCUT2D eigenvalue weighted by atomic mass is 9.70. The van der Waals surface area contributed by atoms with E-state index in [4.69, 9.17) is 0 Å². The predicted octanol–water partition coefficient (Wildman–Crippen LogP) is 4.50. The van der Waals surface area contributed by atoms with Crippen LogP contribution >= 0.6 is 0 Å². The first kappa shape index (κ1) is 12.1. The van der Waals surface area contributed by atoms with E-state index in [1.54, 1.807) is 0 Å². The van der Waals surface area contributed by atoms with E-state index < -0.39 is 0 Å². The number of carbonyl (C=O) groups is 1. The lowest BCUT2D eigenvalue weighted by Gasteiger charge is -2.32. The minimum Gasteiger partial charge on any atom is -0.299 e. The van der Waals surface area contributed by atoms with E-state index in [0.29, 0.717) is 11.7 Å². The van der Waals surface area contributed by atoms with Crippen LogP contribution in [-0.2, 0) is 4.79 Å². The van der Waals surface area contributed by atoms with Crippen molar-refractivity contribution in [3.63, 3.8) is 0 Å². The van der Waals surface area contributed by atoms with Crippen molar-refractivity contribution in [1.29, 1.82) is 0 Å². The zero-order valence-corrected chi connectivity index (χ0v) is 10.8. The van der Waals surface area contributed by atoms with E-state index in [1.165, 1.54) is 57.8 Å². The van der Waals surface area contributed by atoms with Crippen molar-refractivity contribution in [2.45, 2.75) is 77.6 Å². The van der Waals surface area contributed by atoms with Crippen LogP contribution in [0.15, 0.2) is 0 Å². The van der Waals surface area contributed by atoms with Gasteiger partial charge in [0, 0.05) is 11.3 Å². The van der Waals surface area contributed by atoms with Gasteiger partial charge in [-0.05, 0) is 25.7 Å². The first-order valence-electron chi connectivity index (χ1n) is 7.27. The predicted molar refractivity (Wildman–Crippen MR) is 67.4 cm³/mol. The molecule has 0 saturated heterocycles. The molecule has 0 aromatic carbocycles. The van der Waals surface area contributed by atoms with Gasteiger partial charge < -0.3 is 0 Å².